The molecule has 1 N–H and O–H groups in total. The highest BCUT2D eigenvalue weighted by atomic mass is 16.5. The van der Waals surface area contributed by atoms with E-state index in [1.807, 2.05) is 61.5 Å². The van der Waals surface area contributed by atoms with Gasteiger partial charge in [0.15, 0.2) is 0 Å². The average Bonchev–Trinajstić information content (AvgIpc) is 2.78. The van der Waals surface area contributed by atoms with Gasteiger partial charge in [0.1, 0.15) is 5.54 Å². The minimum absolute atomic E-state index is 0.368. The van der Waals surface area contributed by atoms with Gasteiger partial charge in [-0.3, -0.25) is 0 Å². The van der Waals surface area contributed by atoms with Crippen LogP contribution in [0, 0.1) is 0 Å². The highest BCUT2D eigenvalue weighted by Crippen LogP contribution is 2.37. The summed E-state index contributed by atoms with van der Waals surface area (Å²) < 4.78 is 4.86. The number of carbonyl (C=O) groups is 1. The van der Waals surface area contributed by atoms with Gasteiger partial charge in [0.2, 0.25) is 0 Å². The molecule has 0 aliphatic rings. The van der Waals surface area contributed by atoms with Gasteiger partial charge < -0.3 is 10.1 Å². The zero-order valence-corrected chi connectivity index (χ0v) is 16.3. The maximum Gasteiger partial charge on any atom is 0.332 e. The summed E-state index contributed by atoms with van der Waals surface area (Å²) in [6.45, 7) is 2.02. The summed E-state index contributed by atoms with van der Waals surface area (Å²) in [5, 5.41) is 3.69. The van der Waals surface area contributed by atoms with Gasteiger partial charge in [0, 0.05) is 11.8 Å². The Balaban J connectivity index is 2.28. The van der Waals surface area contributed by atoms with Crippen molar-refractivity contribution in [2.75, 3.05) is 7.11 Å². The fraction of sp³-hybridized carbons (Fsp3) is 0.160. The molecule has 0 heterocycles. The van der Waals surface area contributed by atoms with E-state index in [-0.39, 0.29) is 5.97 Å². The van der Waals surface area contributed by atoms with Gasteiger partial charge in [-0.15, -0.1) is 0 Å². The third-order valence-electron chi connectivity index (χ3n) is 4.84. The van der Waals surface area contributed by atoms with Crippen molar-refractivity contribution in [2.24, 2.45) is 0 Å². The highest BCUT2D eigenvalue weighted by molar-refractivity contribution is 5.82. The van der Waals surface area contributed by atoms with E-state index in [4.69, 9.17) is 4.74 Å². The van der Waals surface area contributed by atoms with E-state index in [9.17, 15) is 4.79 Å². The molecule has 0 aliphatic heterocycles. The predicted octanol–water partition coefficient (Wildman–Crippen LogP) is 5.04. The highest BCUT2D eigenvalue weighted by Gasteiger charge is 2.36. The molecule has 3 aromatic rings. The lowest BCUT2D eigenvalue weighted by Gasteiger charge is -2.38. The summed E-state index contributed by atoms with van der Waals surface area (Å²) in [4.78, 5) is 11.9. The Morgan fingerprint density at radius 2 is 1.21 bits per heavy atom. The van der Waals surface area contributed by atoms with Crippen molar-refractivity contribution in [1.29, 1.82) is 0 Å². The summed E-state index contributed by atoms with van der Waals surface area (Å²) >= 11 is 0. The maximum atomic E-state index is 11.9. The molecule has 0 bridgehead atoms. The Morgan fingerprint density at radius 1 is 0.821 bits per heavy atom. The molecule has 3 nitrogen and oxygen atoms in total. The SMILES string of the molecule is CCC(=CC(=O)OC)NC(c1ccccc1)(c1ccccc1)c1ccccc1. The normalized spacial score (nSPS) is 11.7. The van der Waals surface area contributed by atoms with Gasteiger partial charge in [0.05, 0.1) is 7.11 Å². The first-order chi connectivity index (χ1) is 13.7. The topological polar surface area (TPSA) is 38.3 Å². The fourth-order valence-electron chi connectivity index (χ4n) is 3.45. The van der Waals surface area contributed by atoms with Crippen molar-refractivity contribution in [3.8, 4) is 0 Å². The van der Waals surface area contributed by atoms with Crippen LogP contribution >= 0.6 is 0 Å². The molecule has 3 rings (SSSR count). The van der Waals surface area contributed by atoms with Crippen LogP contribution in [0.4, 0.5) is 0 Å². The third-order valence-corrected chi connectivity index (χ3v) is 4.84. The fourth-order valence-corrected chi connectivity index (χ4v) is 3.45. The standard InChI is InChI=1S/C25H25NO2/c1-3-23(19-24(27)28-2)26-25(20-13-7-4-8-14-20,21-15-9-5-10-16-21)22-17-11-6-12-18-22/h4-19,26H,3H2,1-2H3. The molecular formula is C25H25NO2. The van der Waals surface area contributed by atoms with E-state index in [2.05, 4.69) is 41.7 Å². The largest absolute Gasteiger partial charge is 0.466 e. The molecule has 0 atom stereocenters. The first-order valence-electron chi connectivity index (χ1n) is 9.44. The molecule has 0 unspecified atom stereocenters. The zero-order valence-electron chi connectivity index (χ0n) is 16.3. The summed E-state index contributed by atoms with van der Waals surface area (Å²) in [6, 6.07) is 30.9. The number of benzene rings is 3. The molecular weight excluding hydrogens is 346 g/mol. The quantitative estimate of drug-likeness (QED) is 0.359. The van der Waals surface area contributed by atoms with Gasteiger partial charge in [-0.25, -0.2) is 4.79 Å². The first-order valence-corrected chi connectivity index (χ1v) is 9.44. The van der Waals surface area contributed by atoms with Crippen molar-refractivity contribution in [1.82, 2.24) is 5.32 Å². The van der Waals surface area contributed by atoms with Gasteiger partial charge in [-0.1, -0.05) is 97.9 Å². The number of allylic oxidation sites excluding steroid dienone is 1. The number of hydrogen-bond donors (Lipinski definition) is 1. The first kappa shape index (κ1) is 19.4. The van der Waals surface area contributed by atoms with Crippen LogP contribution in [-0.2, 0) is 15.1 Å². The van der Waals surface area contributed by atoms with Crippen molar-refractivity contribution >= 4 is 5.97 Å². The Hall–Kier alpha value is -3.33. The minimum Gasteiger partial charge on any atom is -0.466 e. The average molecular weight is 371 g/mol. The van der Waals surface area contributed by atoms with Gasteiger partial charge in [0.25, 0.3) is 0 Å². The van der Waals surface area contributed by atoms with Gasteiger partial charge in [-0.05, 0) is 23.1 Å². The van der Waals surface area contributed by atoms with Crippen LogP contribution in [0.3, 0.4) is 0 Å². The molecule has 0 amide bonds. The lowest BCUT2D eigenvalue weighted by Crippen LogP contribution is -2.44. The van der Waals surface area contributed by atoms with E-state index >= 15 is 0 Å². The molecule has 0 radical (unpaired) electrons. The van der Waals surface area contributed by atoms with E-state index in [1.165, 1.54) is 13.2 Å². The Labute approximate surface area is 166 Å². The number of carbonyl (C=O) groups excluding carboxylic acids is 1. The lowest BCUT2D eigenvalue weighted by molar-refractivity contribution is -0.134. The molecule has 3 aromatic carbocycles. The van der Waals surface area contributed by atoms with Gasteiger partial charge >= 0.3 is 5.97 Å². The van der Waals surface area contributed by atoms with Crippen LogP contribution in [-0.4, -0.2) is 13.1 Å². The molecule has 3 heteroatoms. The second kappa shape index (κ2) is 9.05. The molecule has 0 spiro atoms. The molecule has 0 fully saturated rings. The molecule has 0 saturated heterocycles. The van der Waals surface area contributed by atoms with Crippen LogP contribution < -0.4 is 5.32 Å². The number of ether oxygens (including phenoxy) is 1. The number of nitrogens with one attached hydrogen (secondary N) is 1. The second-order valence-electron chi connectivity index (χ2n) is 6.52. The predicted molar refractivity (Wildman–Crippen MR) is 113 cm³/mol. The zero-order chi connectivity index (χ0) is 19.8. The van der Waals surface area contributed by atoms with E-state index in [0.29, 0.717) is 6.42 Å². The summed E-state index contributed by atoms with van der Waals surface area (Å²) in [7, 11) is 1.39. The van der Waals surface area contributed by atoms with Crippen LogP contribution in [0.15, 0.2) is 103 Å². The van der Waals surface area contributed by atoms with Crippen molar-refractivity contribution in [3.63, 3.8) is 0 Å². The van der Waals surface area contributed by atoms with E-state index < -0.39 is 5.54 Å². The summed E-state index contributed by atoms with van der Waals surface area (Å²) in [5.74, 6) is -0.368. The van der Waals surface area contributed by atoms with Crippen molar-refractivity contribution < 1.29 is 9.53 Å². The van der Waals surface area contributed by atoms with Crippen LogP contribution in [0.25, 0.3) is 0 Å². The van der Waals surface area contributed by atoms with Gasteiger partial charge in [-0.2, -0.15) is 0 Å². The maximum absolute atomic E-state index is 11.9. The Kier molecular flexibility index (Phi) is 6.28. The number of esters is 1. The van der Waals surface area contributed by atoms with Crippen LogP contribution in [0.5, 0.6) is 0 Å². The smallest absolute Gasteiger partial charge is 0.332 e. The molecule has 28 heavy (non-hydrogen) atoms. The second-order valence-corrected chi connectivity index (χ2v) is 6.52. The third kappa shape index (κ3) is 3.99. The molecule has 142 valence electrons. The summed E-state index contributed by atoms with van der Waals surface area (Å²) in [6.07, 6.45) is 2.20. The number of rotatable bonds is 7. The molecule has 0 aromatic heterocycles. The minimum atomic E-state index is -0.639. The van der Waals surface area contributed by atoms with Crippen molar-refractivity contribution in [3.05, 3.63) is 119 Å². The Morgan fingerprint density at radius 3 is 1.54 bits per heavy atom. The number of hydrogen-bond acceptors (Lipinski definition) is 3. The van der Waals surface area contributed by atoms with E-state index in [0.717, 1.165) is 22.4 Å². The van der Waals surface area contributed by atoms with Crippen LogP contribution in [0.2, 0.25) is 0 Å². The lowest BCUT2D eigenvalue weighted by atomic mass is 9.76. The van der Waals surface area contributed by atoms with Crippen molar-refractivity contribution in [2.45, 2.75) is 18.9 Å². The number of methoxy groups -OCH3 is 1. The Bertz CT molecular complexity index is 822. The van der Waals surface area contributed by atoms with Crippen LogP contribution in [0.1, 0.15) is 30.0 Å². The molecule has 0 aliphatic carbocycles. The van der Waals surface area contributed by atoms with E-state index in [1.54, 1.807) is 0 Å². The molecule has 0 saturated carbocycles. The summed E-state index contributed by atoms with van der Waals surface area (Å²) in [5.41, 5.74) is 3.45. The monoisotopic (exact) mass is 371 g/mol.